The summed E-state index contributed by atoms with van der Waals surface area (Å²) in [4.78, 5) is 0. The van der Waals surface area contributed by atoms with Gasteiger partial charge < -0.3 is 5.73 Å². The minimum Gasteiger partial charge on any atom is -0.327 e. The van der Waals surface area contributed by atoms with Crippen molar-refractivity contribution >= 4 is 0 Å². The van der Waals surface area contributed by atoms with Crippen LogP contribution in [-0.2, 0) is 0 Å². The van der Waals surface area contributed by atoms with Crippen LogP contribution in [0.15, 0.2) is 11.1 Å². The van der Waals surface area contributed by atoms with Crippen molar-refractivity contribution in [2.45, 2.75) is 27.2 Å². The first-order valence-corrected chi connectivity index (χ1v) is 3.07. The fourth-order valence-electron chi connectivity index (χ4n) is 0.476. The van der Waals surface area contributed by atoms with Crippen molar-refractivity contribution < 1.29 is 0 Å². The molecule has 0 heterocycles. The van der Waals surface area contributed by atoms with Crippen molar-refractivity contribution in [2.75, 3.05) is 6.54 Å². The molecule has 0 amide bonds. The van der Waals surface area contributed by atoms with Crippen LogP contribution >= 0.6 is 0 Å². The summed E-state index contributed by atoms with van der Waals surface area (Å²) in [6.07, 6.45) is 1.13. The third-order valence-corrected chi connectivity index (χ3v) is 1.57. The highest BCUT2D eigenvalue weighted by Gasteiger charge is 1.88. The molecule has 0 rings (SSSR count). The molecular weight excluding hydrogens is 98.1 g/mol. The summed E-state index contributed by atoms with van der Waals surface area (Å²) in [6.45, 7) is 7.06. The summed E-state index contributed by atoms with van der Waals surface area (Å²) in [5.74, 6) is 0. The van der Waals surface area contributed by atoms with E-state index in [-0.39, 0.29) is 0 Å². The molecule has 0 spiro atoms. The van der Waals surface area contributed by atoms with Gasteiger partial charge in [-0.15, -0.1) is 0 Å². The van der Waals surface area contributed by atoms with Gasteiger partial charge in [-0.3, -0.25) is 0 Å². The van der Waals surface area contributed by atoms with E-state index in [0.717, 1.165) is 6.42 Å². The van der Waals surface area contributed by atoms with Gasteiger partial charge in [0.15, 0.2) is 0 Å². The van der Waals surface area contributed by atoms with Gasteiger partial charge in [0, 0.05) is 6.54 Å². The Bertz CT molecular complexity index is 80.6. The zero-order chi connectivity index (χ0) is 6.57. The smallest absolute Gasteiger partial charge is 0.0136 e. The molecule has 0 radical (unpaired) electrons. The van der Waals surface area contributed by atoms with E-state index in [1.807, 2.05) is 0 Å². The molecule has 8 heavy (non-hydrogen) atoms. The molecular formula is C7H15N. The summed E-state index contributed by atoms with van der Waals surface area (Å²) in [5.41, 5.74) is 8.14. The van der Waals surface area contributed by atoms with Crippen LogP contribution < -0.4 is 5.73 Å². The average molecular weight is 113 g/mol. The standard InChI is InChI=1S/C7H15N/c1-4-6(2)7(3)5-8/h4-5,8H2,1-3H3/b7-6-. The Morgan fingerprint density at radius 3 is 1.88 bits per heavy atom. The van der Waals surface area contributed by atoms with Crippen LogP contribution in [0.4, 0.5) is 0 Å². The highest BCUT2D eigenvalue weighted by atomic mass is 14.5. The van der Waals surface area contributed by atoms with E-state index in [1.54, 1.807) is 0 Å². The van der Waals surface area contributed by atoms with Crippen molar-refractivity contribution in [2.24, 2.45) is 5.73 Å². The van der Waals surface area contributed by atoms with Crippen LogP contribution in [0.2, 0.25) is 0 Å². The van der Waals surface area contributed by atoms with E-state index >= 15 is 0 Å². The molecule has 0 aliphatic carbocycles. The van der Waals surface area contributed by atoms with Gasteiger partial charge in [-0.1, -0.05) is 18.1 Å². The molecule has 0 aromatic rings. The molecule has 0 bridgehead atoms. The van der Waals surface area contributed by atoms with Gasteiger partial charge in [0.25, 0.3) is 0 Å². The lowest BCUT2D eigenvalue weighted by Gasteiger charge is -1.99. The first-order valence-electron chi connectivity index (χ1n) is 3.07. The van der Waals surface area contributed by atoms with Gasteiger partial charge in [0.05, 0.1) is 0 Å². The van der Waals surface area contributed by atoms with Gasteiger partial charge in [0.2, 0.25) is 0 Å². The lowest BCUT2D eigenvalue weighted by atomic mass is 10.1. The third kappa shape index (κ3) is 2.12. The number of hydrogen-bond acceptors (Lipinski definition) is 1. The highest BCUT2D eigenvalue weighted by Crippen LogP contribution is 2.03. The first kappa shape index (κ1) is 7.70. The second-order valence-corrected chi connectivity index (χ2v) is 2.12. The Labute approximate surface area is 51.6 Å². The van der Waals surface area contributed by atoms with Crippen molar-refractivity contribution in [3.63, 3.8) is 0 Å². The van der Waals surface area contributed by atoms with Gasteiger partial charge in [-0.25, -0.2) is 0 Å². The molecule has 0 aromatic carbocycles. The van der Waals surface area contributed by atoms with Crippen molar-refractivity contribution in [3.8, 4) is 0 Å². The fourth-order valence-corrected chi connectivity index (χ4v) is 0.476. The largest absolute Gasteiger partial charge is 0.327 e. The van der Waals surface area contributed by atoms with E-state index in [1.165, 1.54) is 11.1 Å². The maximum Gasteiger partial charge on any atom is 0.0136 e. The lowest BCUT2D eigenvalue weighted by Crippen LogP contribution is -2.01. The predicted octanol–water partition coefficient (Wildman–Crippen LogP) is 1.69. The first-order chi connectivity index (χ1) is 3.72. The molecule has 0 fully saturated rings. The zero-order valence-corrected chi connectivity index (χ0v) is 5.99. The normalized spacial score (nSPS) is 13.5. The molecule has 0 unspecified atom stereocenters. The lowest BCUT2D eigenvalue weighted by molar-refractivity contribution is 1.01. The van der Waals surface area contributed by atoms with E-state index < -0.39 is 0 Å². The second-order valence-electron chi connectivity index (χ2n) is 2.12. The van der Waals surface area contributed by atoms with Crippen LogP contribution in [0.5, 0.6) is 0 Å². The predicted molar refractivity (Wildman–Crippen MR) is 37.7 cm³/mol. The van der Waals surface area contributed by atoms with Crippen LogP contribution in [0.1, 0.15) is 27.2 Å². The van der Waals surface area contributed by atoms with Crippen molar-refractivity contribution in [1.82, 2.24) is 0 Å². The van der Waals surface area contributed by atoms with Crippen LogP contribution in [0, 0.1) is 0 Å². The molecule has 0 aliphatic heterocycles. The zero-order valence-electron chi connectivity index (χ0n) is 5.99. The minimum atomic E-state index is 0.708. The molecule has 1 heteroatoms. The van der Waals surface area contributed by atoms with Crippen LogP contribution in [-0.4, -0.2) is 6.54 Å². The summed E-state index contributed by atoms with van der Waals surface area (Å²) in [6, 6.07) is 0. The Morgan fingerprint density at radius 2 is 1.75 bits per heavy atom. The number of allylic oxidation sites excluding steroid dienone is 1. The Kier molecular flexibility index (Phi) is 3.53. The monoisotopic (exact) mass is 113 g/mol. The number of nitrogens with two attached hydrogens (primary N) is 1. The third-order valence-electron chi connectivity index (χ3n) is 1.57. The maximum absolute atomic E-state index is 5.39. The quantitative estimate of drug-likeness (QED) is 0.542. The summed E-state index contributed by atoms with van der Waals surface area (Å²) >= 11 is 0. The maximum atomic E-state index is 5.39. The molecule has 0 saturated carbocycles. The Morgan fingerprint density at radius 1 is 1.25 bits per heavy atom. The summed E-state index contributed by atoms with van der Waals surface area (Å²) < 4.78 is 0. The Hall–Kier alpha value is -0.300. The SMILES string of the molecule is CC/C(C)=C(/C)CN. The van der Waals surface area contributed by atoms with Gasteiger partial charge in [-0.05, 0) is 20.3 Å². The molecule has 48 valence electrons. The molecule has 0 saturated heterocycles. The molecule has 0 aromatic heterocycles. The minimum absolute atomic E-state index is 0.708. The highest BCUT2D eigenvalue weighted by molar-refractivity contribution is 5.09. The second kappa shape index (κ2) is 3.67. The average Bonchev–Trinajstić information content (AvgIpc) is 1.84. The van der Waals surface area contributed by atoms with Crippen LogP contribution in [0.3, 0.4) is 0 Å². The summed E-state index contributed by atoms with van der Waals surface area (Å²) in [7, 11) is 0. The van der Waals surface area contributed by atoms with Gasteiger partial charge in [0.1, 0.15) is 0 Å². The van der Waals surface area contributed by atoms with E-state index in [9.17, 15) is 0 Å². The Balaban J connectivity index is 3.83. The van der Waals surface area contributed by atoms with Gasteiger partial charge in [-0.2, -0.15) is 0 Å². The van der Waals surface area contributed by atoms with Crippen molar-refractivity contribution in [1.29, 1.82) is 0 Å². The molecule has 0 atom stereocenters. The van der Waals surface area contributed by atoms with E-state index in [2.05, 4.69) is 20.8 Å². The molecule has 1 nitrogen and oxygen atoms in total. The number of rotatable bonds is 2. The van der Waals surface area contributed by atoms with E-state index in [4.69, 9.17) is 5.73 Å². The number of hydrogen-bond donors (Lipinski definition) is 1. The van der Waals surface area contributed by atoms with E-state index in [0.29, 0.717) is 6.54 Å². The van der Waals surface area contributed by atoms with Crippen LogP contribution in [0.25, 0.3) is 0 Å². The van der Waals surface area contributed by atoms with Gasteiger partial charge >= 0.3 is 0 Å². The fraction of sp³-hybridized carbons (Fsp3) is 0.714. The topological polar surface area (TPSA) is 26.0 Å². The summed E-state index contributed by atoms with van der Waals surface area (Å²) in [5, 5.41) is 0. The molecule has 2 N–H and O–H groups in total. The molecule has 0 aliphatic rings. The van der Waals surface area contributed by atoms with Crippen molar-refractivity contribution in [3.05, 3.63) is 11.1 Å².